The fraction of sp³-hybridized carbons (Fsp3) is 0.571. The minimum absolute atomic E-state index is 0.0326. The van der Waals surface area contributed by atoms with Crippen LogP contribution in [0.1, 0.15) is 38.2 Å². The Morgan fingerprint density at radius 3 is 2.62 bits per heavy atom. The minimum atomic E-state index is -0.0326. The van der Waals surface area contributed by atoms with Crippen molar-refractivity contribution in [2.75, 3.05) is 34.4 Å². The number of carbonyl (C=O) groups is 1. The van der Waals surface area contributed by atoms with Crippen molar-refractivity contribution in [1.29, 1.82) is 0 Å². The quantitative estimate of drug-likeness (QED) is 0.723. The molecule has 0 saturated heterocycles. The van der Waals surface area contributed by atoms with Crippen LogP contribution in [0.15, 0.2) is 24.3 Å². The molecule has 0 unspecified atom stereocenters. The molecule has 1 fully saturated rings. The lowest BCUT2D eigenvalue weighted by molar-refractivity contribution is -0.117. The summed E-state index contributed by atoms with van der Waals surface area (Å²) in [6.45, 7) is 3.71. The number of ether oxygens (including phenoxy) is 2. The number of likely N-dealkylation sites (N-methyl/N-ethyl adjacent to an activating group) is 1. The number of nitrogens with one attached hydrogen (secondary N) is 1. The van der Waals surface area contributed by atoms with Crippen LogP contribution in [-0.2, 0) is 4.79 Å². The van der Waals surface area contributed by atoms with Crippen LogP contribution >= 0.6 is 0 Å². The first-order valence-electron chi connectivity index (χ1n) is 9.42. The van der Waals surface area contributed by atoms with Crippen LogP contribution < -0.4 is 14.8 Å². The Kier molecular flexibility index (Phi) is 7.98. The zero-order valence-electron chi connectivity index (χ0n) is 16.5. The second-order valence-electron chi connectivity index (χ2n) is 7.36. The maximum absolute atomic E-state index is 12.1. The topological polar surface area (TPSA) is 50.8 Å². The van der Waals surface area contributed by atoms with Crippen molar-refractivity contribution in [3.05, 3.63) is 29.8 Å². The SMILES string of the molecule is COc1cc(/C=C/C(=O)NC2CCC(C)CC2)ccc1OCCN(C)C. The molecule has 1 saturated carbocycles. The van der Waals surface area contributed by atoms with Gasteiger partial charge in [-0.3, -0.25) is 4.79 Å². The van der Waals surface area contributed by atoms with Crippen molar-refractivity contribution in [3.63, 3.8) is 0 Å². The van der Waals surface area contributed by atoms with Crippen LogP contribution in [0.2, 0.25) is 0 Å². The van der Waals surface area contributed by atoms with Gasteiger partial charge in [0.2, 0.25) is 5.91 Å². The largest absolute Gasteiger partial charge is 0.493 e. The molecule has 1 aromatic carbocycles. The van der Waals surface area contributed by atoms with E-state index in [1.165, 1.54) is 12.8 Å². The number of methoxy groups -OCH3 is 1. The number of amides is 1. The van der Waals surface area contributed by atoms with E-state index in [-0.39, 0.29) is 5.91 Å². The molecule has 1 aliphatic rings. The maximum atomic E-state index is 12.1. The summed E-state index contributed by atoms with van der Waals surface area (Å²) >= 11 is 0. The lowest BCUT2D eigenvalue weighted by Gasteiger charge is -2.26. The van der Waals surface area contributed by atoms with Gasteiger partial charge < -0.3 is 19.7 Å². The molecule has 0 atom stereocenters. The maximum Gasteiger partial charge on any atom is 0.244 e. The van der Waals surface area contributed by atoms with E-state index in [1.54, 1.807) is 13.2 Å². The molecule has 0 spiro atoms. The average Bonchev–Trinajstić information content (AvgIpc) is 2.62. The highest BCUT2D eigenvalue weighted by Crippen LogP contribution is 2.28. The zero-order chi connectivity index (χ0) is 18.9. The van der Waals surface area contributed by atoms with Crippen molar-refractivity contribution in [1.82, 2.24) is 10.2 Å². The van der Waals surface area contributed by atoms with Crippen LogP contribution in [0.4, 0.5) is 0 Å². The molecule has 26 heavy (non-hydrogen) atoms. The summed E-state index contributed by atoms with van der Waals surface area (Å²) in [6, 6.07) is 6.01. The second kappa shape index (κ2) is 10.2. The van der Waals surface area contributed by atoms with E-state index in [9.17, 15) is 4.79 Å². The molecule has 1 aliphatic carbocycles. The minimum Gasteiger partial charge on any atom is -0.493 e. The molecule has 1 aromatic rings. The Bertz CT molecular complexity index is 605. The highest BCUT2D eigenvalue weighted by atomic mass is 16.5. The molecule has 0 bridgehead atoms. The molecule has 5 heteroatoms. The van der Waals surface area contributed by atoms with Gasteiger partial charge >= 0.3 is 0 Å². The number of benzene rings is 1. The van der Waals surface area contributed by atoms with Crippen LogP contribution in [0.25, 0.3) is 6.08 Å². The highest BCUT2D eigenvalue weighted by molar-refractivity contribution is 5.92. The van der Waals surface area contributed by atoms with E-state index in [1.807, 2.05) is 38.4 Å². The number of nitrogens with zero attached hydrogens (tertiary/aromatic N) is 1. The summed E-state index contributed by atoms with van der Waals surface area (Å²) in [6.07, 6.45) is 7.95. The van der Waals surface area contributed by atoms with Crippen LogP contribution in [-0.4, -0.2) is 51.2 Å². The van der Waals surface area contributed by atoms with E-state index in [4.69, 9.17) is 9.47 Å². The van der Waals surface area contributed by atoms with Gasteiger partial charge in [0, 0.05) is 18.7 Å². The summed E-state index contributed by atoms with van der Waals surface area (Å²) in [5, 5.41) is 3.10. The molecule has 0 aliphatic heterocycles. The fourth-order valence-electron chi connectivity index (χ4n) is 3.07. The van der Waals surface area contributed by atoms with Gasteiger partial charge in [-0.1, -0.05) is 13.0 Å². The summed E-state index contributed by atoms with van der Waals surface area (Å²) in [7, 11) is 5.64. The standard InChI is InChI=1S/C21H32N2O3/c1-16-5-9-18(10-6-16)22-21(24)12-8-17-7-11-19(20(15-17)25-4)26-14-13-23(2)3/h7-8,11-12,15-16,18H,5-6,9-10,13-14H2,1-4H3,(H,22,24)/b12-8+. The van der Waals surface area contributed by atoms with Crippen molar-refractivity contribution in [2.24, 2.45) is 5.92 Å². The predicted octanol–water partition coefficient (Wildman–Crippen LogP) is 3.34. The molecule has 5 nitrogen and oxygen atoms in total. The summed E-state index contributed by atoms with van der Waals surface area (Å²) in [5.74, 6) is 2.14. The smallest absolute Gasteiger partial charge is 0.244 e. The molecular weight excluding hydrogens is 328 g/mol. The van der Waals surface area contributed by atoms with E-state index in [2.05, 4.69) is 17.1 Å². The highest BCUT2D eigenvalue weighted by Gasteiger charge is 2.18. The molecular formula is C21H32N2O3. The molecule has 0 radical (unpaired) electrons. The average molecular weight is 360 g/mol. The first-order chi connectivity index (χ1) is 12.5. The Balaban J connectivity index is 1.89. The van der Waals surface area contributed by atoms with Gasteiger partial charge in [0.25, 0.3) is 0 Å². The van der Waals surface area contributed by atoms with Gasteiger partial charge in [-0.15, -0.1) is 0 Å². The van der Waals surface area contributed by atoms with Crippen molar-refractivity contribution >= 4 is 12.0 Å². The third-order valence-electron chi connectivity index (χ3n) is 4.77. The normalized spacial score (nSPS) is 20.3. The molecule has 1 N–H and O–H groups in total. The van der Waals surface area contributed by atoms with E-state index < -0.39 is 0 Å². The molecule has 0 heterocycles. The van der Waals surface area contributed by atoms with E-state index >= 15 is 0 Å². The molecule has 1 amide bonds. The number of rotatable bonds is 8. The van der Waals surface area contributed by atoms with Crippen LogP contribution in [0.5, 0.6) is 11.5 Å². The second-order valence-corrected chi connectivity index (χ2v) is 7.36. The number of hydrogen-bond acceptors (Lipinski definition) is 4. The van der Waals surface area contributed by atoms with Crippen LogP contribution in [0, 0.1) is 5.92 Å². The lowest BCUT2D eigenvalue weighted by Crippen LogP contribution is -2.36. The van der Waals surface area contributed by atoms with Crippen molar-refractivity contribution in [2.45, 2.75) is 38.6 Å². The summed E-state index contributed by atoms with van der Waals surface area (Å²) in [5.41, 5.74) is 0.911. The van der Waals surface area contributed by atoms with Gasteiger partial charge in [-0.25, -0.2) is 0 Å². The van der Waals surface area contributed by atoms with E-state index in [0.717, 1.165) is 30.9 Å². The van der Waals surface area contributed by atoms with E-state index in [0.29, 0.717) is 24.1 Å². The van der Waals surface area contributed by atoms with Crippen LogP contribution in [0.3, 0.4) is 0 Å². The Morgan fingerprint density at radius 1 is 1.23 bits per heavy atom. The summed E-state index contributed by atoms with van der Waals surface area (Å²) in [4.78, 5) is 14.2. The molecule has 0 aromatic heterocycles. The fourth-order valence-corrected chi connectivity index (χ4v) is 3.07. The van der Waals surface area contributed by atoms with Gasteiger partial charge in [-0.05, 0) is 69.5 Å². The third kappa shape index (κ3) is 6.71. The van der Waals surface area contributed by atoms with Gasteiger partial charge in [0.15, 0.2) is 11.5 Å². The molecule has 2 rings (SSSR count). The van der Waals surface area contributed by atoms with Crippen molar-refractivity contribution < 1.29 is 14.3 Å². The Labute approximate surface area is 157 Å². The van der Waals surface area contributed by atoms with Gasteiger partial charge in [0.05, 0.1) is 7.11 Å². The number of carbonyl (C=O) groups excluding carboxylic acids is 1. The lowest BCUT2D eigenvalue weighted by atomic mass is 9.87. The first kappa shape index (κ1) is 20.3. The summed E-state index contributed by atoms with van der Waals surface area (Å²) < 4.78 is 11.2. The third-order valence-corrected chi connectivity index (χ3v) is 4.77. The predicted molar refractivity (Wildman–Crippen MR) is 106 cm³/mol. The monoisotopic (exact) mass is 360 g/mol. The van der Waals surface area contributed by atoms with Crippen molar-refractivity contribution in [3.8, 4) is 11.5 Å². The van der Waals surface area contributed by atoms with Gasteiger partial charge in [0.1, 0.15) is 6.61 Å². The van der Waals surface area contributed by atoms with Gasteiger partial charge in [-0.2, -0.15) is 0 Å². The Morgan fingerprint density at radius 2 is 1.96 bits per heavy atom. The first-order valence-corrected chi connectivity index (χ1v) is 9.42. The zero-order valence-corrected chi connectivity index (χ0v) is 16.5. The molecule has 144 valence electrons. The number of hydrogen-bond donors (Lipinski definition) is 1. The Hall–Kier alpha value is -2.01.